The van der Waals surface area contributed by atoms with E-state index in [1.165, 1.54) is 122 Å². The zero-order valence-corrected chi connectivity index (χ0v) is 23.8. The number of hydrogen-bond acceptors (Lipinski definition) is 2. The topological polar surface area (TPSA) is 18.5 Å². The lowest BCUT2D eigenvalue weighted by atomic mass is 9.99. The Bertz CT molecular complexity index is 437. The summed E-state index contributed by atoms with van der Waals surface area (Å²) >= 11 is 0. The molecular weight excluding hydrogens is 406 g/mol. The van der Waals surface area contributed by atoms with Crippen LogP contribution in [0.3, 0.4) is 0 Å². The number of quaternary nitrogens is 1. The molecule has 0 radical (unpaired) electrons. The van der Waals surface area contributed by atoms with Crippen molar-refractivity contribution in [2.45, 2.75) is 167 Å². The van der Waals surface area contributed by atoms with Crippen molar-refractivity contribution in [3.63, 3.8) is 0 Å². The van der Waals surface area contributed by atoms with Crippen LogP contribution in [-0.2, 0) is 9.47 Å². The SMILES string of the molecule is CCCCCCCC[C@H]1OC(CCCC)(CCCC)O[C@@H]1CCCCCCCC[N+](C)(C)C. The lowest BCUT2D eigenvalue weighted by molar-refractivity contribution is -0.870. The summed E-state index contributed by atoms with van der Waals surface area (Å²) in [5.41, 5.74) is 0. The van der Waals surface area contributed by atoms with Crippen molar-refractivity contribution >= 4 is 0 Å². The number of ether oxygens (including phenoxy) is 2. The third kappa shape index (κ3) is 14.8. The van der Waals surface area contributed by atoms with Crippen LogP contribution in [0.2, 0.25) is 0 Å². The molecule has 1 fully saturated rings. The van der Waals surface area contributed by atoms with Crippen LogP contribution in [0.25, 0.3) is 0 Å². The third-order valence-corrected chi connectivity index (χ3v) is 7.38. The zero-order valence-electron chi connectivity index (χ0n) is 23.8. The largest absolute Gasteiger partial charge is 0.344 e. The summed E-state index contributed by atoms with van der Waals surface area (Å²) in [6, 6.07) is 0. The van der Waals surface area contributed by atoms with Gasteiger partial charge in [0.25, 0.3) is 0 Å². The third-order valence-electron chi connectivity index (χ3n) is 7.38. The molecule has 0 bridgehead atoms. The van der Waals surface area contributed by atoms with Crippen LogP contribution >= 0.6 is 0 Å². The Morgan fingerprint density at radius 2 is 0.909 bits per heavy atom. The maximum Gasteiger partial charge on any atom is 0.169 e. The second-order valence-electron chi connectivity index (χ2n) is 11.9. The lowest BCUT2D eigenvalue weighted by Crippen LogP contribution is -2.35. The van der Waals surface area contributed by atoms with Crippen molar-refractivity contribution in [1.29, 1.82) is 0 Å². The molecule has 0 aromatic rings. The molecule has 0 amide bonds. The summed E-state index contributed by atoms with van der Waals surface area (Å²) in [6.45, 7) is 8.17. The minimum absolute atomic E-state index is 0.283. The van der Waals surface area contributed by atoms with E-state index >= 15 is 0 Å². The summed E-state index contributed by atoms with van der Waals surface area (Å²) < 4.78 is 14.7. The fraction of sp³-hybridized carbons (Fsp3) is 1.00. The molecule has 0 aromatic carbocycles. The molecule has 0 aliphatic carbocycles. The van der Waals surface area contributed by atoms with Gasteiger partial charge in [0.05, 0.1) is 39.9 Å². The number of hydrogen-bond donors (Lipinski definition) is 0. The standard InChI is InChI=1S/C30H62NO2/c1-7-10-13-14-17-20-23-28-29(24-21-18-15-16-19-22-27-31(4,5)6)33-30(32-28,25-11-8-2)26-12-9-3/h28-29H,7-27H2,1-6H3/q+1/t28-,29-/m1/s1. The average molecular weight is 469 g/mol. The predicted molar refractivity (Wildman–Crippen MR) is 145 cm³/mol. The molecule has 198 valence electrons. The Labute approximate surface area is 209 Å². The predicted octanol–water partition coefficient (Wildman–Crippen LogP) is 9.03. The quantitative estimate of drug-likeness (QED) is 0.116. The van der Waals surface area contributed by atoms with Crippen LogP contribution in [0.1, 0.15) is 149 Å². The van der Waals surface area contributed by atoms with E-state index in [1.54, 1.807) is 0 Å². The van der Waals surface area contributed by atoms with E-state index in [0.717, 1.165) is 17.3 Å². The van der Waals surface area contributed by atoms with Gasteiger partial charge in [-0.25, -0.2) is 0 Å². The van der Waals surface area contributed by atoms with Crippen molar-refractivity contribution in [3.05, 3.63) is 0 Å². The summed E-state index contributed by atoms with van der Waals surface area (Å²) in [4.78, 5) is 0. The molecular formula is C30H62NO2+. The van der Waals surface area contributed by atoms with E-state index in [-0.39, 0.29) is 5.79 Å². The van der Waals surface area contributed by atoms with E-state index in [0.29, 0.717) is 12.2 Å². The molecule has 0 saturated carbocycles. The van der Waals surface area contributed by atoms with Crippen LogP contribution in [-0.4, -0.2) is 50.2 Å². The highest BCUT2D eigenvalue weighted by molar-refractivity contribution is 4.86. The van der Waals surface area contributed by atoms with Gasteiger partial charge in [-0.15, -0.1) is 0 Å². The molecule has 0 spiro atoms. The lowest BCUT2D eigenvalue weighted by Gasteiger charge is -2.28. The Balaban J connectivity index is 2.46. The first-order chi connectivity index (χ1) is 15.9. The van der Waals surface area contributed by atoms with Gasteiger partial charge >= 0.3 is 0 Å². The zero-order chi connectivity index (χ0) is 24.4. The summed E-state index contributed by atoms with van der Waals surface area (Å²) in [5, 5.41) is 0. The van der Waals surface area contributed by atoms with Crippen LogP contribution in [0.4, 0.5) is 0 Å². The van der Waals surface area contributed by atoms with E-state index in [9.17, 15) is 0 Å². The number of nitrogens with zero attached hydrogens (tertiary/aromatic N) is 1. The second kappa shape index (κ2) is 18.2. The Kier molecular flexibility index (Phi) is 17.0. The molecule has 1 aliphatic heterocycles. The molecule has 0 aromatic heterocycles. The van der Waals surface area contributed by atoms with Crippen LogP contribution in [0, 0.1) is 0 Å². The minimum atomic E-state index is -0.283. The molecule has 0 N–H and O–H groups in total. The molecule has 3 heteroatoms. The van der Waals surface area contributed by atoms with E-state index in [4.69, 9.17) is 9.47 Å². The summed E-state index contributed by atoms with van der Waals surface area (Å²) in [5.74, 6) is -0.283. The van der Waals surface area contributed by atoms with Crippen molar-refractivity contribution < 1.29 is 14.0 Å². The van der Waals surface area contributed by atoms with Crippen molar-refractivity contribution in [2.75, 3.05) is 27.7 Å². The van der Waals surface area contributed by atoms with E-state index in [2.05, 4.69) is 41.9 Å². The second-order valence-corrected chi connectivity index (χ2v) is 11.9. The van der Waals surface area contributed by atoms with Crippen molar-refractivity contribution in [1.82, 2.24) is 0 Å². The van der Waals surface area contributed by atoms with Gasteiger partial charge in [0.1, 0.15) is 0 Å². The number of unbranched alkanes of at least 4 members (excludes halogenated alkanes) is 12. The molecule has 1 aliphatic rings. The first-order valence-corrected chi connectivity index (χ1v) is 15.0. The van der Waals surface area contributed by atoms with Crippen LogP contribution < -0.4 is 0 Å². The molecule has 1 heterocycles. The fourth-order valence-electron chi connectivity index (χ4n) is 5.24. The fourth-order valence-corrected chi connectivity index (χ4v) is 5.24. The Morgan fingerprint density at radius 3 is 1.33 bits per heavy atom. The maximum absolute atomic E-state index is 6.82. The van der Waals surface area contributed by atoms with Gasteiger partial charge in [-0.2, -0.15) is 0 Å². The Morgan fingerprint density at radius 1 is 0.515 bits per heavy atom. The minimum Gasteiger partial charge on any atom is -0.344 e. The monoisotopic (exact) mass is 468 g/mol. The van der Waals surface area contributed by atoms with E-state index < -0.39 is 0 Å². The molecule has 1 saturated heterocycles. The highest BCUT2D eigenvalue weighted by atomic mass is 16.8. The molecule has 1 rings (SSSR count). The maximum atomic E-state index is 6.82. The van der Waals surface area contributed by atoms with Gasteiger partial charge in [0.15, 0.2) is 5.79 Å². The smallest absolute Gasteiger partial charge is 0.169 e. The van der Waals surface area contributed by atoms with Crippen molar-refractivity contribution in [2.24, 2.45) is 0 Å². The van der Waals surface area contributed by atoms with Gasteiger partial charge < -0.3 is 14.0 Å². The highest BCUT2D eigenvalue weighted by Crippen LogP contribution is 2.40. The van der Waals surface area contributed by atoms with Gasteiger partial charge in [0, 0.05) is 12.8 Å². The van der Waals surface area contributed by atoms with Gasteiger partial charge in [-0.3, -0.25) is 0 Å². The molecule has 2 atom stereocenters. The molecule has 3 nitrogen and oxygen atoms in total. The first-order valence-electron chi connectivity index (χ1n) is 15.0. The van der Waals surface area contributed by atoms with Gasteiger partial charge in [0.2, 0.25) is 0 Å². The van der Waals surface area contributed by atoms with E-state index in [1.807, 2.05) is 0 Å². The van der Waals surface area contributed by atoms with Crippen molar-refractivity contribution in [3.8, 4) is 0 Å². The van der Waals surface area contributed by atoms with Crippen LogP contribution in [0.5, 0.6) is 0 Å². The molecule has 33 heavy (non-hydrogen) atoms. The Hall–Kier alpha value is -0.120. The van der Waals surface area contributed by atoms with Gasteiger partial charge in [-0.05, 0) is 38.5 Å². The van der Waals surface area contributed by atoms with Gasteiger partial charge in [-0.1, -0.05) is 97.8 Å². The summed E-state index contributed by atoms with van der Waals surface area (Å²) in [6.07, 6.45) is 26.4. The molecule has 0 unspecified atom stereocenters. The first kappa shape index (κ1) is 30.9. The highest BCUT2D eigenvalue weighted by Gasteiger charge is 2.45. The average Bonchev–Trinajstić information content (AvgIpc) is 3.12. The normalized spacial score (nSPS) is 20.5. The summed E-state index contributed by atoms with van der Waals surface area (Å²) in [7, 11) is 6.89. The van der Waals surface area contributed by atoms with Crippen LogP contribution in [0.15, 0.2) is 0 Å². The number of rotatable bonds is 22.